The molecule has 0 heterocycles. The Kier molecular flexibility index (Phi) is 3.33. The number of aromatic carboxylic acids is 1. The number of rotatable bonds is 3. The van der Waals surface area contributed by atoms with Crippen LogP contribution >= 0.6 is 0 Å². The Hall–Kier alpha value is -2.29. The minimum absolute atomic E-state index is 0.294. The summed E-state index contributed by atoms with van der Waals surface area (Å²) >= 11 is 0. The lowest BCUT2D eigenvalue weighted by molar-refractivity contribution is 0.0697. The zero-order valence-electron chi connectivity index (χ0n) is 10.4. The second kappa shape index (κ2) is 4.92. The molecular formula is C15H15NO2. The van der Waals surface area contributed by atoms with Gasteiger partial charge in [0.15, 0.2) is 0 Å². The van der Waals surface area contributed by atoms with Gasteiger partial charge in [-0.15, -0.1) is 0 Å². The van der Waals surface area contributed by atoms with Crippen LogP contribution in [0.2, 0.25) is 0 Å². The quantitative estimate of drug-likeness (QED) is 0.860. The number of para-hydroxylation sites is 1. The molecule has 2 aromatic rings. The number of aryl methyl sites for hydroxylation is 2. The van der Waals surface area contributed by atoms with E-state index in [-0.39, 0.29) is 0 Å². The number of anilines is 2. The van der Waals surface area contributed by atoms with Crippen LogP contribution in [0.3, 0.4) is 0 Å². The molecule has 0 amide bonds. The Labute approximate surface area is 106 Å². The monoisotopic (exact) mass is 241 g/mol. The SMILES string of the molecule is Cc1cccc(C)c1Nc1ccc(C(=O)O)cc1. The van der Waals surface area contributed by atoms with Crippen molar-refractivity contribution in [2.24, 2.45) is 0 Å². The van der Waals surface area contributed by atoms with Crippen molar-refractivity contribution in [1.29, 1.82) is 0 Å². The van der Waals surface area contributed by atoms with Crippen molar-refractivity contribution in [3.05, 3.63) is 59.2 Å². The first-order valence-electron chi connectivity index (χ1n) is 5.74. The molecule has 2 rings (SSSR count). The Balaban J connectivity index is 2.26. The van der Waals surface area contributed by atoms with Crippen LogP contribution in [0.1, 0.15) is 21.5 Å². The minimum atomic E-state index is -0.909. The maximum absolute atomic E-state index is 10.8. The molecule has 3 heteroatoms. The first-order valence-corrected chi connectivity index (χ1v) is 5.74. The van der Waals surface area contributed by atoms with Gasteiger partial charge in [0.2, 0.25) is 0 Å². The van der Waals surface area contributed by atoms with Crippen molar-refractivity contribution in [2.45, 2.75) is 13.8 Å². The number of hydrogen-bond donors (Lipinski definition) is 2. The fourth-order valence-corrected chi connectivity index (χ4v) is 1.85. The van der Waals surface area contributed by atoms with Crippen molar-refractivity contribution in [3.8, 4) is 0 Å². The molecule has 0 aliphatic heterocycles. The maximum Gasteiger partial charge on any atom is 0.335 e. The fourth-order valence-electron chi connectivity index (χ4n) is 1.85. The smallest absolute Gasteiger partial charge is 0.335 e. The van der Waals surface area contributed by atoms with Crippen molar-refractivity contribution in [1.82, 2.24) is 0 Å². The van der Waals surface area contributed by atoms with E-state index >= 15 is 0 Å². The lowest BCUT2D eigenvalue weighted by Crippen LogP contribution is -1.98. The Morgan fingerprint density at radius 2 is 1.56 bits per heavy atom. The molecule has 0 saturated heterocycles. The van der Waals surface area contributed by atoms with E-state index in [1.807, 2.05) is 32.0 Å². The van der Waals surface area contributed by atoms with Gasteiger partial charge in [-0.2, -0.15) is 0 Å². The van der Waals surface area contributed by atoms with E-state index < -0.39 is 5.97 Å². The van der Waals surface area contributed by atoms with Gasteiger partial charge in [-0.1, -0.05) is 18.2 Å². The average molecular weight is 241 g/mol. The molecule has 18 heavy (non-hydrogen) atoms. The molecule has 92 valence electrons. The van der Waals surface area contributed by atoms with Crippen LogP contribution in [-0.4, -0.2) is 11.1 Å². The molecule has 0 radical (unpaired) electrons. The number of carboxylic acid groups (broad SMARTS) is 1. The first-order chi connectivity index (χ1) is 8.58. The number of carboxylic acids is 1. The summed E-state index contributed by atoms with van der Waals surface area (Å²) < 4.78 is 0. The van der Waals surface area contributed by atoms with E-state index in [2.05, 4.69) is 5.32 Å². The topological polar surface area (TPSA) is 49.3 Å². The number of nitrogens with one attached hydrogen (secondary N) is 1. The minimum Gasteiger partial charge on any atom is -0.478 e. The summed E-state index contributed by atoms with van der Waals surface area (Å²) in [5.41, 5.74) is 4.58. The third kappa shape index (κ3) is 2.51. The molecule has 0 atom stereocenters. The van der Waals surface area contributed by atoms with Gasteiger partial charge >= 0.3 is 5.97 Å². The van der Waals surface area contributed by atoms with Crippen molar-refractivity contribution >= 4 is 17.3 Å². The van der Waals surface area contributed by atoms with Crippen molar-refractivity contribution < 1.29 is 9.90 Å². The maximum atomic E-state index is 10.8. The van der Waals surface area contributed by atoms with Crippen LogP contribution in [0.5, 0.6) is 0 Å². The highest BCUT2D eigenvalue weighted by Crippen LogP contribution is 2.24. The number of carbonyl (C=O) groups is 1. The number of hydrogen-bond acceptors (Lipinski definition) is 2. The predicted molar refractivity (Wildman–Crippen MR) is 72.6 cm³/mol. The highest BCUT2D eigenvalue weighted by molar-refractivity contribution is 5.88. The fraction of sp³-hybridized carbons (Fsp3) is 0.133. The third-order valence-corrected chi connectivity index (χ3v) is 2.88. The summed E-state index contributed by atoms with van der Waals surface area (Å²) in [5, 5.41) is 12.1. The van der Waals surface area contributed by atoms with Gasteiger partial charge in [-0.3, -0.25) is 0 Å². The van der Waals surface area contributed by atoms with Crippen LogP contribution < -0.4 is 5.32 Å². The molecule has 0 aliphatic carbocycles. The summed E-state index contributed by atoms with van der Waals surface area (Å²) in [6, 6.07) is 12.8. The summed E-state index contributed by atoms with van der Waals surface area (Å²) in [7, 11) is 0. The van der Waals surface area contributed by atoms with Gasteiger partial charge in [0.05, 0.1) is 5.56 Å². The van der Waals surface area contributed by atoms with Crippen LogP contribution in [-0.2, 0) is 0 Å². The molecule has 0 bridgehead atoms. The lowest BCUT2D eigenvalue weighted by Gasteiger charge is -2.12. The van der Waals surface area contributed by atoms with E-state index in [4.69, 9.17) is 5.11 Å². The van der Waals surface area contributed by atoms with Gasteiger partial charge in [0.1, 0.15) is 0 Å². The largest absolute Gasteiger partial charge is 0.478 e. The second-order valence-electron chi connectivity index (χ2n) is 4.27. The van der Waals surface area contributed by atoms with Crippen molar-refractivity contribution in [2.75, 3.05) is 5.32 Å². The lowest BCUT2D eigenvalue weighted by atomic mass is 10.1. The molecular weight excluding hydrogens is 226 g/mol. The van der Waals surface area contributed by atoms with Gasteiger partial charge in [-0.05, 0) is 49.2 Å². The molecule has 0 unspecified atom stereocenters. The van der Waals surface area contributed by atoms with E-state index in [0.29, 0.717) is 5.56 Å². The zero-order chi connectivity index (χ0) is 13.1. The first kappa shape index (κ1) is 12.2. The molecule has 2 N–H and O–H groups in total. The van der Waals surface area contributed by atoms with Crippen LogP contribution in [0.4, 0.5) is 11.4 Å². The summed E-state index contributed by atoms with van der Waals surface area (Å²) in [6.07, 6.45) is 0. The van der Waals surface area contributed by atoms with Crippen LogP contribution in [0.25, 0.3) is 0 Å². The van der Waals surface area contributed by atoms with E-state index in [1.54, 1.807) is 24.3 Å². The normalized spacial score (nSPS) is 10.1. The van der Waals surface area contributed by atoms with Gasteiger partial charge in [-0.25, -0.2) is 4.79 Å². The highest BCUT2D eigenvalue weighted by Gasteiger charge is 2.04. The van der Waals surface area contributed by atoms with E-state index in [1.165, 1.54) is 0 Å². The van der Waals surface area contributed by atoms with Gasteiger partial charge in [0, 0.05) is 11.4 Å². The standard InChI is InChI=1S/C15H15NO2/c1-10-4-3-5-11(2)14(10)16-13-8-6-12(7-9-13)15(17)18/h3-9,16H,1-2H3,(H,17,18). The average Bonchev–Trinajstić information content (AvgIpc) is 2.34. The summed E-state index contributed by atoms with van der Waals surface area (Å²) in [6.45, 7) is 4.09. The summed E-state index contributed by atoms with van der Waals surface area (Å²) in [5.74, 6) is -0.909. The molecule has 0 fully saturated rings. The van der Waals surface area contributed by atoms with Crippen molar-refractivity contribution in [3.63, 3.8) is 0 Å². The van der Waals surface area contributed by atoms with Crippen LogP contribution in [0, 0.1) is 13.8 Å². The zero-order valence-corrected chi connectivity index (χ0v) is 10.4. The molecule has 0 saturated carbocycles. The van der Waals surface area contributed by atoms with Gasteiger partial charge < -0.3 is 10.4 Å². The predicted octanol–water partition coefficient (Wildman–Crippen LogP) is 3.75. The Morgan fingerprint density at radius 3 is 2.06 bits per heavy atom. The summed E-state index contributed by atoms with van der Waals surface area (Å²) in [4.78, 5) is 10.8. The Bertz CT molecular complexity index is 553. The van der Waals surface area contributed by atoms with Crippen LogP contribution in [0.15, 0.2) is 42.5 Å². The molecule has 2 aromatic carbocycles. The molecule has 0 aromatic heterocycles. The number of benzene rings is 2. The van der Waals surface area contributed by atoms with E-state index in [0.717, 1.165) is 22.5 Å². The third-order valence-electron chi connectivity index (χ3n) is 2.88. The van der Waals surface area contributed by atoms with E-state index in [9.17, 15) is 4.79 Å². The van der Waals surface area contributed by atoms with Gasteiger partial charge in [0.25, 0.3) is 0 Å². The molecule has 0 spiro atoms. The second-order valence-corrected chi connectivity index (χ2v) is 4.27. The highest BCUT2D eigenvalue weighted by atomic mass is 16.4. The molecule has 3 nitrogen and oxygen atoms in total. The Morgan fingerprint density at radius 1 is 1.00 bits per heavy atom. The molecule has 0 aliphatic rings.